The molecule has 1 aliphatic carbocycles. The highest BCUT2D eigenvalue weighted by Gasteiger charge is 2.44. The number of allylic oxidation sites excluding steroid dienone is 2. The minimum Gasteiger partial charge on any atom is -0.381 e. The number of hydrogen-bond donors (Lipinski definition) is 1. The van der Waals surface area contributed by atoms with Crippen LogP contribution in [-0.2, 0) is 4.74 Å². The van der Waals surface area contributed by atoms with Gasteiger partial charge in [0.1, 0.15) is 6.17 Å². The molecular formula is C18H28N2O. The van der Waals surface area contributed by atoms with E-state index in [0.29, 0.717) is 12.1 Å². The molecule has 3 nitrogen and oxygen atoms in total. The largest absolute Gasteiger partial charge is 0.381 e. The third-order valence-electron chi connectivity index (χ3n) is 6.22. The average molecular weight is 288 g/mol. The van der Waals surface area contributed by atoms with Crippen molar-refractivity contribution < 1.29 is 4.74 Å². The first-order valence-corrected chi connectivity index (χ1v) is 8.82. The van der Waals surface area contributed by atoms with Gasteiger partial charge in [-0.2, -0.15) is 0 Å². The van der Waals surface area contributed by atoms with Crippen molar-refractivity contribution in [3.05, 3.63) is 12.2 Å². The fourth-order valence-corrected chi connectivity index (χ4v) is 4.97. The fraction of sp³-hybridized carbons (Fsp3) is 0.833. The zero-order chi connectivity index (χ0) is 14.2. The van der Waals surface area contributed by atoms with Gasteiger partial charge in [0.25, 0.3) is 0 Å². The van der Waals surface area contributed by atoms with Crippen LogP contribution in [0, 0.1) is 35.5 Å². The minimum absolute atomic E-state index is 0.386. The predicted molar refractivity (Wildman–Crippen MR) is 85.3 cm³/mol. The zero-order valence-electron chi connectivity index (χ0n) is 13.1. The van der Waals surface area contributed by atoms with Crippen molar-refractivity contribution in [2.75, 3.05) is 19.8 Å². The Bertz CT molecular complexity index is 427. The molecule has 3 heterocycles. The highest BCUT2D eigenvalue weighted by Crippen LogP contribution is 2.42. The summed E-state index contributed by atoms with van der Waals surface area (Å²) in [5, 5.41) is 3.65. The summed E-state index contributed by atoms with van der Waals surface area (Å²) in [6.07, 6.45) is 12.7. The normalized spacial score (nSPS) is 49.5. The van der Waals surface area contributed by atoms with E-state index < -0.39 is 0 Å². The Morgan fingerprint density at radius 2 is 2.14 bits per heavy atom. The monoisotopic (exact) mass is 288 g/mol. The summed E-state index contributed by atoms with van der Waals surface area (Å²) >= 11 is 0. The SMILES string of the molecule is CC1CC=CC(C2C=NC3NCC(C4CCOC4)C3C2)C1. The Hall–Kier alpha value is -0.670. The Labute approximate surface area is 128 Å². The quantitative estimate of drug-likeness (QED) is 0.793. The predicted octanol–water partition coefficient (Wildman–Crippen LogP) is 2.88. The van der Waals surface area contributed by atoms with Gasteiger partial charge in [0.2, 0.25) is 0 Å². The Kier molecular flexibility index (Phi) is 3.89. The first-order valence-electron chi connectivity index (χ1n) is 8.82. The van der Waals surface area contributed by atoms with Crippen LogP contribution in [0.1, 0.15) is 32.6 Å². The van der Waals surface area contributed by atoms with E-state index in [2.05, 4.69) is 30.6 Å². The van der Waals surface area contributed by atoms with Gasteiger partial charge in [-0.3, -0.25) is 10.3 Å². The molecule has 0 bridgehead atoms. The lowest BCUT2D eigenvalue weighted by Crippen LogP contribution is -2.36. The highest BCUT2D eigenvalue weighted by molar-refractivity contribution is 5.63. The van der Waals surface area contributed by atoms with Gasteiger partial charge in [0.05, 0.1) is 0 Å². The number of nitrogens with one attached hydrogen (secondary N) is 1. The second kappa shape index (κ2) is 5.85. The zero-order valence-corrected chi connectivity index (χ0v) is 13.1. The molecule has 7 atom stereocenters. The summed E-state index contributed by atoms with van der Waals surface area (Å²) < 4.78 is 5.63. The van der Waals surface area contributed by atoms with E-state index in [1.807, 2.05) is 0 Å². The summed E-state index contributed by atoms with van der Waals surface area (Å²) in [5.41, 5.74) is 0. The van der Waals surface area contributed by atoms with Gasteiger partial charge in [-0.05, 0) is 55.3 Å². The molecule has 116 valence electrons. The Balaban J connectivity index is 1.47. The smallest absolute Gasteiger partial charge is 0.102 e. The molecule has 4 aliphatic rings. The second-order valence-corrected chi connectivity index (χ2v) is 7.67. The molecule has 3 heteroatoms. The number of nitrogens with zero attached hydrogens (tertiary/aromatic N) is 1. The van der Waals surface area contributed by atoms with Crippen molar-refractivity contribution in [2.45, 2.75) is 38.8 Å². The van der Waals surface area contributed by atoms with E-state index in [9.17, 15) is 0 Å². The van der Waals surface area contributed by atoms with Gasteiger partial charge in [-0.15, -0.1) is 0 Å². The first kappa shape index (κ1) is 14.0. The summed E-state index contributed by atoms with van der Waals surface area (Å²) in [4.78, 5) is 4.88. The van der Waals surface area contributed by atoms with Crippen molar-refractivity contribution in [1.29, 1.82) is 0 Å². The standard InChI is InChI=1S/C18H28N2O/c1-12-3-2-4-13(7-12)15-8-16-17(14-5-6-21-11-14)10-20-18(16)19-9-15/h2,4,9,12-18,20H,3,5-8,10-11H2,1H3. The van der Waals surface area contributed by atoms with Gasteiger partial charge in [0.15, 0.2) is 0 Å². The average Bonchev–Trinajstić information content (AvgIpc) is 3.15. The molecule has 0 saturated carbocycles. The van der Waals surface area contributed by atoms with Crippen molar-refractivity contribution in [2.24, 2.45) is 40.5 Å². The summed E-state index contributed by atoms with van der Waals surface area (Å²) in [6, 6.07) is 0. The lowest BCUT2D eigenvalue weighted by Gasteiger charge is -2.35. The maximum atomic E-state index is 5.63. The minimum atomic E-state index is 0.386. The van der Waals surface area contributed by atoms with Crippen LogP contribution < -0.4 is 5.32 Å². The van der Waals surface area contributed by atoms with Crippen molar-refractivity contribution >= 4 is 6.21 Å². The van der Waals surface area contributed by atoms with Crippen LogP contribution >= 0.6 is 0 Å². The van der Waals surface area contributed by atoms with E-state index in [1.54, 1.807) is 0 Å². The Morgan fingerprint density at radius 1 is 1.19 bits per heavy atom. The molecule has 0 spiro atoms. The van der Waals surface area contributed by atoms with Crippen LogP contribution in [0.15, 0.2) is 17.1 Å². The van der Waals surface area contributed by atoms with Gasteiger partial charge in [-0.25, -0.2) is 0 Å². The lowest BCUT2D eigenvalue weighted by molar-refractivity contribution is 0.154. The summed E-state index contributed by atoms with van der Waals surface area (Å²) in [5.74, 6) is 4.50. The second-order valence-electron chi connectivity index (χ2n) is 7.67. The maximum Gasteiger partial charge on any atom is 0.102 e. The van der Waals surface area contributed by atoms with Gasteiger partial charge < -0.3 is 4.74 Å². The molecule has 4 rings (SSSR count). The summed E-state index contributed by atoms with van der Waals surface area (Å²) in [7, 11) is 0. The van der Waals surface area contributed by atoms with E-state index in [0.717, 1.165) is 49.3 Å². The number of aliphatic imine (C=N–C) groups is 1. The van der Waals surface area contributed by atoms with Crippen LogP contribution in [0.25, 0.3) is 0 Å². The van der Waals surface area contributed by atoms with E-state index >= 15 is 0 Å². The highest BCUT2D eigenvalue weighted by atomic mass is 16.5. The lowest BCUT2D eigenvalue weighted by atomic mass is 9.71. The molecule has 0 aromatic heterocycles. The van der Waals surface area contributed by atoms with Gasteiger partial charge >= 0.3 is 0 Å². The number of fused-ring (bicyclic) bond motifs is 1. The molecule has 0 radical (unpaired) electrons. The first-order chi connectivity index (χ1) is 10.3. The number of hydrogen-bond acceptors (Lipinski definition) is 3. The van der Waals surface area contributed by atoms with Crippen LogP contribution in [0.5, 0.6) is 0 Å². The van der Waals surface area contributed by atoms with E-state index in [4.69, 9.17) is 9.73 Å². The maximum absolute atomic E-state index is 5.63. The van der Waals surface area contributed by atoms with Crippen LogP contribution in [-0.4, -0.2) is 32.1 Å². The van der Waals surface area contributed by atoms with Crippen LogP contribution in [0.2, 0.25) is 0 Å². The molecule has 0 amide bonds. The van der Waals surface area contributed by atoms with Crippen LogP contribution in [0.4, 0.5) is 0 Å². The van der Waals surface area contributed by atoms with Crippen molar-refractivity contribution in [3.8, 4) is 0 Å². The number of rotatable bonds is 2. The van der Waals surface area contributed by atoms with Crippen molar-refractivity contribution in [1.82, 2.24) is 5.32 Å². The van der Waals surface area contributed by atoms with Crippen molar-refractivity contribution in [3.63, 3.8) is 0 Å². The molecule has 3 aliphatic heterocycles. The van der Waals surface area contributed by atoms with E-state index in [1.165, 1.54) is 25.7 Å². The molecule has 1 N–H and O–H groups in total. The van der Waals surface area contributed by atoms with Gasteiger partial charge in [-0.1, -0.05) is 19.1 Å². The molecule has 0 aromatic carbocycles. The summed E-state index contributed by atoms with van der Waals surface area (Å²) in [6.45, 7) is 5.47. The fourth-order valence-electron chi connectivity index (χ4n) is 4.97. The van der Waals surface area contributed by atoms with E-state index in [-0.39, 0.29) is 0 Å². The number of ether oxygens (including phenoxy) is 1. The van der Waals surface area contributed by atoms with Gasteiger partial charge in [0, 0.05) is 31.9 Å². The molecule has 2 saturated heterocycles. The molecular weight excluding hydrogens is 260 g/mol. The molecule has 0 aromatic rings. The van der Waals surface area contributed by atoms with Crippen LogP contribution in [0.3, 0.4) is 0 Å². The Morgan fingerprint density at radius 3 is 2.95 bits per heavy atom. The molecule has 2 fully saturated rings. The third-order valence-corrected chi connectivity index (χ3v) is 6.22. The molecule has 21 heavy (non-hydrogen) atoms. The third kappa shape index (κ3) is 2.70. The topological polar surface area (TPSA) is 33.6 Å². The molecule has 7 unspecified atom stereocenters.